The summed E-state index contributed by atoms with van der Waals surface area (Å²) in [5, 5.41) is 2.79. The van der Waals surface area contributed by atoms with E-state index in [0.29, 0.717) is 18.0 Å². The van der Waals surface area contributed by atoms with Crippen LogP contribution in [0.4, 0.5) is 5.69 Å². The zero-order chi connectivity index (χ0) is 16.4. The van der Waals surface area contributed by atoms with Crippen LogP contribution in [0.25, 0.3) is 0 Å². The summed E-state index contributed by atoms with van der Waals surface area (Å²) in [5.74, 6) is 0.0603. The van der Waals surface area contributed by atoms with Crippen LogP contribution in [-0.4, -0.2) is 52.5 Å². The fourth-order valence-corrected chi connectivity index (χ4v) is 3.70. The van der Waals surface area contributed by atoms with Crippen LogP contribution in [0.5, 0.6) is 5.75 Å². The molecule has 2 atom stereocenters. The molecule has 0 spiro atoms. The normalized spacial score (nSPS) is 24.0. The Balaban J connectivity index is 1.73. The highest BCUT2D eigenvalue weighted by Crippen LogP contribution is 2.34. The lowest BCUT2D eigenvalue weighted by Gasteiger charge is -2.34. The van der Waals surface area contributed by atoms with Gasteiger partial charge in [0.05, 0.1) is 24.6 Å². The molecule has 2 aliphatic rings. The average Bonchev–Trinajstić information content (AvgIpc) is 3.04. The van der Waals surface area contributed by atoms with Gasteiger partial charge in [-0.15, -0.1) is 0 Å². The van der Waals surface area contributed by atoms with Gasteiger partial charge in [0.25, 0.3) is 5.91 Å². The number of ether oxygens (including phenoxy) is 2. The van der Waals surface area contributed by atoms with Crippen molar-refractivity contribution in [2.75, 3.05) is 30.3 Å². The van der Waals surface area contributed by atoms with E-state index < -0.39 is 16.1 Å². The summed E-state index contributed by atoms with van der Waals surface area (Å²) in [7, 11) is -3.49. The number of hydrogen-bond acceptors (Lipinski definition) is 5. The quantitative estimate of drug-likeness (QED) is 0.863. The summed E-state index contributed by atoms with van der Waals surface area (Å²) in [6.45, 7) is 1.10. The number of benzene rings is 1. The molecule has 126 valence electrons. The molecule has 8 heteroatoms. The largest absolute Gasteiger partial charge is 0.476 e. The van der Waals surface area contributed by atoms with Crippen LogP contribution in [0, 0.1) is 0 Å². The van der Waals surface area contributed by atoms with Gasteiger partial charge in [-0.3, -0.25) is 9.10 Å². The molecule has 1 fully saturated rings. The molecule has 0 bridgehead atoms. The highest BCUT2D eigenvalue weighted by molar-refractivity contribution is 7.92. The molecule has 23 heavy (non-hydrogen) atoms. The van der Waals surface area contributed by atoms with E-state index in [2.05, 4.69) is 5.32 Å². The van der Waals surface area contributed by atoms with Gasteiger partial charge in [0.1, 0.15) is 5.75 Å². The number of rotatable bonds is 4. The predicted octanol–water partition coefficient (Wildman–Crippen LogP) is 0.509. The van der Waals surface area contributed by atoms with Crippen LogP contribution in [0.3, 0.4) is 0 Å². The van der Waals surface area contributed by atoms with Crippen LogP contribution in [0.1, 0.15) is 12.8 Å². The van der Waals surface area contributed by atoms with Crippen LogP contribution in [0.2, 0.25) is 0 Å². The van der Waals surface area contributed by atoms with Crippen molar-refractivity contribution in [3.63, 3.8) is 0 Å². The summed E-state index contributed by atoms with van der Waals surface area (Å²) in [4.78, 5) is 12.3. The Labute approximate surface area is 135 Å². The highest BCUT2D eigenvalue weighted by Gasteiger charge is 2.35. The highest BCUT2D eigenvalue weighted by atomic mass is 32.2. The SMILES string of the molecule is CS(=O)(=O)N1C[C@H](C(=O)NC[C@H]2CCCO2)Oc2ccccc21. The third-order valence-electron chi connectivity index (χ3n) is 3.96. The molecule has 7 nitrogen and oxygen atoms in total. The van der Waals surface area contributed by atoms with Crippen molar-refractivity contribution < 1.29 is 22.7 Å². The van der Waals surface area contributed by atoms with Crippen molar-refractivity contribution in [1.29, 1.82) is 0 Å². The van der Waals surface area contributed by atoms with Gasteiger partial charge in [0.2, 0.25) is 10.0 Å². The molecule has 0 aliphatic carbocycles. The van der Waals surface area contributed by atoms with Crippen molar-refractivity contribution in [2.24, 2.45) is 0 Å². The summed E-state index contributed by atoms with van der Waals surface area (Å²) in [5.41, 5.74) is 0.457. The maximum atomic E-state index is 12.3. The first-order valence-corrected chi connectivity index (χ1v) is 9.42. The number of carbonyl (C=O) groups is 1. The number of sulfonamides is 1. The van der Waals surface area contributed by atoms with E-state index in [-0.39, 0.29) is 18.6 Å². The molecule has 1 aromatic carbocycles. The van der Waals surface area contributed by atoms with E-state index in [1.54, 1.807) is 24.3 Å². The molecule has 1 N–H and O–H groups in total. The molecule has 0 unspecified atom stereocenters. The van der Waals surface area contributed by atoms with Crippen molar-refractivity contribution in [1.82, 2.24) is 5.32 Å². The summed E-state index contributed by atoms with van der Waals surface area (Å²) >= 11 is 0. The number of amides is 1. The lowest BCUT2D eigenvalue weighted by molar-refractivity contribution is -0.128. The molecule has 0 aromatic heterocycles. The van der Waals surface area contributed by atoms with Gasteiger partial charge in [-0.1, -0.05) is 12.1 Å². The Hall–Kier alpha value is -1.80. The Kier molecular flexibility index (Phi) is 4.45. The van der Waals surface area contributed by atoms with E-state index >= 15 is 0 Å². The minimum atomic E-state index is -3.49. The van der Waals surface area contributed by atoms with Gasteiger partial charge in [-0.25, -0.2) is 8.42 Å². The van der Waals surface area contributed by atoms with Gasteiger partial charge in [0, 0.05) is 13.2 Å². The van der Waals surface area contributed by atoms with E-state index in [9.17, 15) is 13.2 Å². The van der Waals surface area contributed by atoms with Crippen molar-refractivity contribution in [3.8, 4) is 5.75 Å². The first-order valence-electron chi connectivity index (χ1n) is 7.58. The van der Waals surface area contributed by atoms with E-state index in [1.807, 2.05) is 0 Å². The van der Waals surface area contributed by atoms with Crippen LogP contribution in [-0.2, 0) is 19.6 Å². The first-order chi connectivity index (χ1) is 10.9. The number of para-hydroxylation sites is 2. The number of carbonyl (C=O) groups excluding carboxylic acids is 1. The lowest BCUT2D eigenvalue weighted by atomic mass is 10.2. The first kappa shape index (κ1) is 16.1. The standard InChI is InChI=1S/C15H20N2O5S/c1-23(19,20)17-10-14(22-13-7-3-2-6-12(13)17)15(18)16-9-11-5-4-8-21-11/h2-3,6-7,11,14H,4-5,8-10H2,1H3,(H,16,18)/t11-,14-/m1/s1. The molecule has 1 saturated heterocycles. The molecule has 2 heterocycles. The Morgan fingerprint density at radius 1 is 1.39 bits per heavy atom. The zero-order valence-corrected chi connectivity index (χ0v) is 13.7. The van der Waals surface area contributed by atoms with Crippen LogP contribution >= 0.6 is 0 Å². The summed E-state index contributed by atoms with van der Waals surface area (Å²) in [6, 6.07) is 6.80. The van der Waals surface area contributed by atoms with Crippen molar-refractivity contribution >= 4 is 21.6 Å². The van der Waals surface area contributed by atoms with Crippen molar-refractivity contribution in [2.45, 2.75) is 25.0 Å². The molecule has 3 rings (SSSR count). The number of nitrogens with zero attached hydrogens (tertiary/aromatic N) is 1. The van der Waals surface area contributed by atoms with Gasteiger partial charge in [0.15, 0.2) is 6.10 Å². The van der Waals surface area contributed by atoms with E-state index in [1.165, 1.54) is 4.31 Å². The third-order valence-corrected chi connectivity index (χ3v) is 5.10. The number of hydrogen-bond donors (Lipinski definition) is 1. The molecule has 0 radical (unpaired) electrons. The Bertz CT molecular complexity index is 685. The molecule has 2 aliphatic heterocycles. The van der Waals surface area contributed by atoms with Crippen molar-refractivity contribution in [3.05, 3.63) is 24.3 Å². The average molecular weight is 340 g/mol. The Morgan fingerprint density at radius 3 is 2.87 bits per heavy atom. The minimum absolute atomic E-state index is 0.0286. The zero-order valence-electron chi connectivity index (χ0n) is 12.9. The second-order valence-electron chi connectivity index (χ2n) is 5.75. The predicted molar refractivity (Wildman–Crippen MR) is 85.0 cm³/mol. The molecular weight excluding hydrogens is 320 g/mol. The van der Waals surface area contributed by atoms with Crippen LogP contribution in [0.15, 0.2) is 24.3 Å². The van der Waals surface area contributed by atoms with Gasteiger partial charge in [-0.05, 0) is 25.0 Å². The fourth-order valence-electron chi connectivity index (χ4n) is 2.79. The fraction of sp³-hybridized carbons (Fsp3) is 0.533. The number of nitrogens with one attached hydrogen (secondary N) is 1. The lowest BCUT2D eigenvalue weighted by Crippen LogP contribution is -2.51. The summed E-state index contributed by atoms with van der Waals surface area (Å²) in [6.07, 6.45) is 2.19. The number of fused-ring (bicyclic) bond motifs is 1. The van der Waals surface area contributed by atoms with Gasteiger partial charge < -0.3 is 14.8 Å². The Morgan fingerprint density at radius 2 is 2.17 bits per heavy atom. The maximum Gasteiger partial charge on any atom is 0.263 e. The molecule has 0 saturated carbocycles. The second kappa shape index (κ2) is 6.37. The van der Waals surface area contributed by atoms with E-state index in [4.69, 9.17) is 9.47 Å². The summed E-state index contributed by atoms with van der Waals surface area (Å²) < 4.78 is 36.4. The van der Waals surface area contributed by atoms with E-state index in [0.717, 1.165) is 25.7 Å². The van der Waals surface area contributed by atoms with Gasteiger partial charge >= 0.3 is 0 Å². The molecule has 1 amide bonds. The second-order valence-corrected chi connectivity index (χ2v) is 7.66. The smallest absolute Gasteiger partial charge is 0.263 e. The molecule has 1 aromatic rings. The third kappa shape index (κ3) is 3.59. The van der Waals surface area contributed by atoms with Crippen LogP contribution < -0.4 is 14.4 Å². The number of anilines is 1. The topological polar surface area (TPSA) is 84.9 Å². The monoisotopic (exact) mass is 340 g/mol. The van der Waals surface area contributed by atoms with Gasteiger partial charge in [-0.2, -0.15) is 0 Å². The molecular formula is C15H20N2O5S. The minimum Gasteiger partial charge on any atom is -0.476 e. The maximum absolute atomic E-state index is 12.3.